The first kappa shape index (κ1) is 13.1. The number of nitrogens with zero attached hydrogens (tertiary/aromatic N) is 2. The second-order valence-corrected chi connectivity index (χ2v) is 5.26. The number of rotatable bonds is 3. The molecule has 20 heavy (non-hydrogen) atoms. The summed E-state index contributed by atoms with van der Waals surface area (Å²) in [5, 5.41) is 13.2. The Morgan fingerprint density at radius 2 is 1.65 bits per heavy atom. The van der Waals surface area contributed by atoms with E-state index in [0.29, 0.717) is 5.95 Å². The third-order valence-electron chi connectivity index (χ3n) is 3.80. The zero-order valence-electron chi connectivity index (χ0n) is 11.4. The van der Waals surface area contributed by atoms with Gasteiger partial charge >= 0.3 is 0 Å². The minimum absolute atomic E-state index is 0.0753. The molecule has 0 radical (unpaired) electrons. The highest BCUT2D eigenvalue weighted by Gasteiger charge is 2.23. The number of aliphatic hydroxyl groups is 1. The first-order valence-corrected chi connectivity index (χ1v) is 7.15. The van der Waals surface area contributed by atoms with Gasteiger partial charge in [0, 0.05) is 18.0 Å². The molecule has 1 fully saturated rings. The summed E-state index contributed by atoms with van der Waals surface area (Å²) in [6, 6.07) is 10.1. The molecule has 2 N–H and O–H groups in total. The third-order valence-corrected chi connectivity index (χ3v) is 3.80. The predicted molar refractivity (Wildman–Crippen MR) is 79.4 cm³/mol. The molecule has 0 aliphatic heterocycles. The molecule has 1 aliphatic carbocycles. The van der Waals surface area contributed by atoms with E-state index in [0.717, 1.165) is 36.8 Å². The van der Waals surface area contributed by atoms with Crippen LogP contribution in [0, 0.1) is 0 Å². The number of hydrogen-bond acceptors (Lipinski definition) is 4. The van der Waals surface area contributed by atoms with E-state index in [1.54, 1.807) is 0 Å². The van der Waals surface area contributed by atoms with Gasteiger partial charge in [0.05, 0.1) is 12.1 Å². The van der Waals surface area contributed by atoms with Crippen molar-refractivity contribution in [3.63, 3.8) is 0 Å². The van der Waals surface area contributed by atoms with Crippen LogP contribution >= 0.6 is 0 Å². The van der Waals surface area contributed by atoms with Crippen molar-refractivity contribution < 1.29 is 5.11 Å². The molecule has 1 saturated carbocycles. The van der Waals surface area contributed by atoms with E-state index in [1.807, 2.05) is 42.7 Å². The lowest BCUT2D eigenvalue weighted by atomic mass is 9.93. The molecular formula is C16H19N3O. The Kier molecular flexibility index (Phi) is 3.92. The van der Waals surface area contributed by atoms with E-state index in [2.05, 4.69) is 15.3 Å². The normalized spacial score (nSPS) is 22.4. The number of aliphatic hydroxyl groups excluding tert-OH is 1. The van der Waals surface area contributed by atoms with Crippen LogP contribution in [0.25, 0.3) is 11.1 Å². The Morgan fingerprint density at radius 1 is 0.950 bits per heavy atom. The standard InChI is InChI=1S/C16H19N3O/c20-15-9-5-4-8-14(15)19-16-17-10-13(11-18-16)12-6-2-1-3-7-12/h1-3,6-7,10-11,14-15,20H,4-5,8-9H2,(H,17,18,19). The minimum Gasteiger partial charge on any atom is -0.391 e. The van der Waals surface area contributed by atoms with Gasteiger partial charge in [0.15, 0.2) is 0 Å². The van der Waals surface area contributed by atoms with Gasteiger partial charge in [0.2, 0.25) is 5.95 Å². The third kappa shape index (κ3) is 2.96. The number of anilines is 1. The second-order valence-electron chi connectivity index (χ2n) is 5.26. The molecule has 1 aromatic carbocycles. The average molecular weight is 269 g/mol. The molecule has 4 nitrogen and oxygen atoms in total. The molecular weight excluding hydrogens is 250 g/mol. The Bertz CT molecular complexity index is 541. The molecule has 0 bridgehead atoms. The molecule has 104 valence electrons. The van der Waals surface area contributed by atoms with Crippen LogP contribution in [-0.2, 0) is 0 Å². The van der Waals surface area contributed by atoms with Gasteiger partial charge in [0.1, 0.15) is 0 Å². The summed E-state index contributed by atoms with van der Waals surface area (Å²) in [6.07, 6.45) is 7.44. The summed E-state index contributed by atoms with van der Waals surface area (Å²) in [7, 11) is 0. The van der Waals surface area contributed by atoms with Crippen molar-refractivity contribution in [1.29, 1.82) is 0 Å². The summed E-state index contributed by atoms with van der Waals surface area (Å²) in [5.74, 6) is 0.593. The fraction of sp³-hybridized carbons (Fsp3) is 0.375. The van der Waals surface area contributed by atoms with Crippen LogP contribution in [0.4, 0.5) is 5.95 Å². The molecule has 2 atom stereocenters. The fourth-order valence-corrected chi connectivity index (χ4v) is 2.63. The maximum Gasteiger partial charge on any atom is 0.222 e. The Morgan fingerprint density at radius 3 is 2.35 bits per heavy atom. The van der Waals surface area contributed by atoms with E-state index in [-0.39, 0.29) is 12.1 Å². The lowest BCUT2D eigenvalue weighted by Crippen LogP contribution is -2.36. The maximum absolute atomic E-state index is 9.94. The van der Waals surface area contributed by atoms with Gasteiger partial charge in [-0.15, -0.1) is 0 Å². The highest BCUT2D eigenvalue weighted by atomic mass is 16.3. The molecule has 0 spiro atoms. The van der Waals surface area contributed by atoms with Crippen molar-refractivity contribution >= 4 is 5.95 Å². The summed E-state index contributed by atoms with van der Waals surface area (Å²) < 4.78 is 0. The van der Waals surface area contributed by atoms with E-state index in [1.165, 1.54) is 0 Å². The van der Waals surface area contributed by atoms with Crippen LogP contribution in [0.3, 0.4) is 0 Å². The predicted octanol–water partition coefficient (Wildman–Crippen LogP) is 2.86. The van der Waals surface area contributed by atoms with Gasteiger partial charge in [0.25, 0.3) is 0 Å². The largest absolute Gasteiger partial charge is 0.391 e. The monoisotopic (exact) mass is 269 g/mol. The van der Waals surface area contributed by atoms with E-state index >= 15 is 0 Å². The Labute approximate surface area is 118 Å². The number of hydrogen-bond donors (Lipinski definition) is 2. The highest BCUT2D eigenvalue weighted by molar-refractivity contribution is 5.61. The average Bonchev–Trinajstić information content (AvgIpc) is 2.51. The molecule has 2 aromatic rings. The quantitative estimate of drug-likeness (QED) is 0.899. The summed E-state index contributed by atoms with van der Waals surface area (Å²) in [6.45, 7) is 0. The summed E-state index contributed by atoms with van der Waals surface area (Å²) >= 11 is 0. The Hall–Kier alpha value is -1.94. The molecule has 1 heterocycles. The number of benzene rings is 1. The zero-order valence-corrected chi connectivity index (χ0v) is 11.4. The lowest BCUT2D eigenvalue weighted by Gasteiger charge is -2.28. The molecule has 0 amide bonds. The minimum atomic E-state index is -0.291. The first-order valence-electron chi connectivity index (χ1n) is 7.15. The van der Waals surface area contributed by atoms with Gasteiger partial charge in [-0.2, -0.15) is 0 Å². The SMILES string of the molecule is OC1CCCCC1Nc1ncc(-c2ccccc2)cn1. The van der Waals surface area contributed by atoms with Crippen molar-refractivity contribution in [2.75, 3.05) is 5.32 Å². The fourth-order valence-electron chi connectivity index (χ4n) is 2.63. The van der Waals surface area contributed by atoms with E-state index in [9.17, 15) is 5.11 Å². The first-order chi connectivity index (χ1) is 9.83. The maximum atomic E-state index is 9.94. The van der Waals surface area contributed by atoms with Gasteiger partial charge in [-0.05, 0) is 18.4 Å². The highest BCUT2D eigenvalue weighted by Crippen LogP contribution is 2.22. The van der Waals surface area contributed by atoms with Crippen molar-refractivity contribution in [3.8, 4) is 11.1 Å². The zero-order chi connectivity index (χ0) is 13.8. The molecule has 0 saturated heterocycles. The van der Waals surface area contributed by atoms with Crippen LogP contribution in [0.15, 0.2) is 42.7 Å². The Balaban J connectivity index is 1.70. The van der Waals surface area contributed by atoms with Crippen LogP contribution in [0.2, 0.25) is 0 Å². The molecule has 1 aliphatic rings. The van der Waals surface area contributed by atoms with E-state index in [4.69, 9.17) is 0 Å². The van der Waals surface area contributed by atoms with Gasteiger partial charge in [-0.25, -0.2) is 9.97 Å². The van der Waals surface area contributed by atoms with Crippen LogP contribution in [0.5, 0.6) is 0 Å². The van der Waals surface area contributed by atoms with Crippen molar-refractivity contribution in [2.45, 2.75) is 37.8 Å². The van der Waals surface area contributed by atoms with E-state index < -0.39 is 0 Å². The molecule has 2 unspecified atom stereocenters. The smallest absolute Gasteiger partial charge is 0.222 e. The second kappa shape index (κ2) is 6.01. The van der Waals surface area contributed by atoms with Crippen LogP contribution < -0.4 is 5.32 Å². The van der Waals surface area contributed by atoms with Gasteiger partial charge < -0.3 is 10.4 Å². The molecule has 3 rings (SSSR count). The van der Waals surface area contributed by atoms with Crippen LogP contribution in [0.1, 0.15) is 25.7 Å². The van der Waals surface area contributed by atoms with Crippen molar-refractivity contribution in [3.05, 3.63) is 42.7 Å². The topological polar surface area (TPSA) is 58.0 Å². The summed E-state index contributed by atoms with van der Waals surface area (Å²) in [5.41, 5.74) is 2.11. The lowest BCUT2D eigenvalue weighted by molar-refractivity contribution is 0.116. The summed E-state index contributed by atoms with van der Waals surface area (Å²) in [4.78, 5) is 8.70. The van der Waals surface area contributed by atoms with Crippen molar-refractivity contribution in [1.82, 2.24) is 9.97 Å². The van der Waals surface area contributed by atoms with Gasteiger partial charge in [-0.1, -0.05) is 43.2 Å². The number of aromatic nitrogens is 2. The van der Waals surface area contributed by atoms with Crippen molar-refractivity contribution in [2.24, 2.45) is 0 Å². The number of nitrogens with one attached hydrogen (secondary N) is 1. The van der Waals surface area contributed by atoms with Gasteiger partial charge in [-0.3, -0.25) is 0 Å². The molecule has 4 heteroatoms. The van der Waals surface area contributed by atoms with Crippen LogP contribution in [-0.4, -0.2) is 27.2 Å². The molecule has 1 aromatic heterocycles.